The van der Waals surface area contributed by atoms with E-state index in [0.29, 0.717) is 17.6 Å². The predicted molar refractivity (Wildman–Crippen MR) is 99.3 cm³/mol. The molecule has 1 aromatic heterocycles. The standard InChI is InChI=1S/C20H18F2N4O/c21-15-1-5-17(6-2-15)25-11-13-26(14-12-25)20-23-10-9-19(24-20)27-18-7-3-16(22)4-8-18/h1-10H,11-14H2. The summed E-state index contributed by atoms with van der Waals surface area (Å²) in [6.45, 7) is 3.07. The second-order valence-electron chi connectivity index (χ2n) is 6.20. The van der Waals surface area contributed by atoms with Crippen LogP contribution in [0.15, 0.2) is 60.8 Å². The molecule has 1 aliphatic heterocycles. The van der Waals surface area contributed by atoms with Gasteiger partial charge in [0.15, 0.2) is 0 Å². The van der Waals surface area contributed by atoms with Crippen LogP contribution < -0.4 is 14.5 Å². The van der Waals surface area contributed by atoms with Crippen LogP contribution in [0.2, 0.25) is 0 Å². The summed E-state index contributed by atoms with van der Waals surface area (Å²) < 4.78 is 31.7. The van der Waals surface area contributed by atoms with Gasteiger partial charge in [0.25, 0.3) is 0 Å². The first-order chi connectivity index (χ1) is 13.2. The highest BCUT2D eigenvalue weighted by Crippen LogP contribution is 2.23. The Morgan fingerprint density at radius 1 is 0.741 bits per heavy atom. The van der Waals surface area contributed by atoms with Gasteiger partial charge in [-0.25, -0.2) is 13.8 Å². The number of ether oxygens (including phenoxy) is 1. The van der Waals surface area contributed by atoms with Gasteiger partial charge >= 0.3 is 0 Å². The fraction of sp³-hybridized carbons (Fsp3) is 0.200. The average Bonchev–Trinajstić information content (AvgIpc) is 2.71. The Kier molecular flexibility index (Phi) is 4.82. The highest BCUT2D eigenvalue weighted by molar-refractivity contribution is 5.48. The third-order valence-corrected chi connectivity index (χ3v) is 4.41. The van der Waals surface area contributed by atoms with Crippen molar-refractivity contribution in [2.45, 2.75) is 0 Å². The number of hydrogen-bond donors (Lipinski definition) is 0. The third kappa shape index (κ3) is 4.13. The Hall–Kier alpha value is -3.22. The van der Waals surface area contributed by atoms with Gasteiger partial charge in [0.2, 0.25) is 11.8 Å². The quantitative estimate of drug-likeness (QED) is 0.699. The van der Waals surface area contributed by atoms with Crippen molar-refractivity contribution in [1.82, 2.24) is 9.97 Å². The lowest BCUT2D eigenvalue weighted by molar-refractivity contribution is 0.459. The molecule has 3 aromatic rings. The van der Waals surface area contributed by atoms with E-state index in [2.05, 4.69) is 19.8 Å². The molecule has 0 saturated carbocycles. The van der Waals surface area contributed by atoms with Gasteiger partial charge in [-0.1, -0.05) is 0 Å². The van der Waals surface area contributed by atoms with Gasteiger partial charge in [-0.15, -0.1) is 0 Å². The number of rotatable bonds is 4. The molecule has 2 aromatic carbocycles. The van der Waals surface area contributed by atoms with Gasteiger partial charge in [0, 0.05) is 44.1 Å². The number of benzene rings is 2. The molecule has 0 amide bonds. The summed E-state index contributed by atoms with van der Waals surface area (Å²) in [5, 5.41) is 0. The minimum absolute atomic E-state index is 0.233. The fourth-order valence-electron chi connectivity index (χ4n) is 2.98. The van der Waals surface area contributed by atoms with Crippen LogP contribution >= 0.6 is 0 Å². The number of halogens is 2. The van der Waals surface area contributed by atoms with Crippen LogP contribution in [0.4, 0.5) is 20.4 Å². The van der Waals surface area contributed by atoms with Crippen LogP contribution in [0.25, 0.3) is 0 Å². The maximum Gasteiger partial charge on any atom is 0.228 e. The maximum atomic E-state index is 13.1. The van der Waals surface area contributed by atoms with E-state index in [-0.39, 0.29) is 11.6 Å². The Balaban J connectivity index is 1.41. The first-order valence-electron chi connectivity index (χ1n) is 8.69. The second-order valence-corrected chi connectivity index (χ2v) is 6.20. The molecule has 1 aliphatic rings. The first-order valence-corrected chi connectivity index (χ1v) is 8.69. The topological polar surface area (TPSA) is 41.5 Å². The monoisotopic (exact) mass is 368 g/mol. The normalized spacial score (nSPS) is 14.3. The first kappa shape index (κ1) is 17.2. The molecule has 0 unspecified atom stereocenters. The van der Waals surface area contributed by atoms with Gasteiger partial charge in [-0.2, -0.15) is 4.98 Å². The summed E-state index contributed by atoms with van der Waals surface area (Å²) in [5.74, 6) is 0.969. The van der Waals surface area contributed by atoms with Crippen LogP contribution in [0.5, 0.6) is 11.6 Å². The number of hydrogen-bond acceptors (Lipinski definition) is 5. The average molecular weight is 368 g/mol. The summed E-state index contributed by atoms with van der Waals surface area (Å²) in [6.07, 6.45) is 1.65. The molecule has 4 rings (SSSR count). The SMILES string of the molecule is Fc1ccc(Oc2ccnc(N3CCN(c4ccc(F)cc4)CC3)n2)cc1. The van der Waals surface area contributed by atoms with E-state index in [0.717, 1.165) is 31.9 Å². The molecule has 7 heteroatoms. The van der Waals surface area contributed by atoms with Crippen molar-refractivity contribution in [3.05, 3.63) is 72.4 Å². The Morgan fingerprint density at radius 3 is 2.00 bits per heavy atom. The van der Waals surface area contributed by atoms with E-state index in [4.69, 9.17) is 4.74 Å². The van der Waals surface area contributed by atoms with E-state index in [1.165, 1.54) is 24.3 Å². The lowest BCUT2D eigenvalue weighted by Crippen LogP contribution is -2.47. The van der Waals surface area contributed by atoms with Gasteiger partial charge < -0.3 is 14.5 Å². The van der Waals surface area contributed by atoms with Crippen molar-refractivity contribution >= 4 is 11.6 Å². The molecule has 0 radical (unpaired) electrons. The molecule has 2 heterocycles. The van der Waals surface area contributed by atoms with Gasteiger partial charge in [0.05, 0.1) is 0 Å². The summed E-state index contributed by atoms with van der Waals surface area (Å²) in [6, 6.07) is 14.0. The van der Waals surface area contributed by atoms with Crippen molar-refractivity contribution in [3.63, 3.8) is 0 Å². The zero-order chi connectivity index (χ0) is 18.6. The van der Waals surface area contributed by atoms with Crippen LogP contribution in [-0.4, -0.2) is 36.1 Å². The number of aromatic nitrogens is 2. The van der Waals surface area contributed by atoms with Crippen molar-refractivity contribution < 1.29 is 13.5 Å². The van der Waals surface area contributed by atoms with E-state index in [1.54, 1.807) is 36.5 Å². The van der Waals surface area contributed by atoms with Crippen molar-refractivity contribution in [1.29, 1.82) is 0 Å². The van der Waals surface area contributed by atoms with Crippen LogP contribution in [0, 0.1) is 11.6 Å². The zero-order valence-corrected chi connectivity index (χ0v) is 14.6. The predicted octanol–water partition coefficient (Wildman–Crippen LogP) is 3.87. The molecule has 0 aliphatic carbocycles. The minimum Gasteiger partial charge on any atom is -0.439 e. The molecule has 0 atom stereocenters. The van der Waals surface area contributed by atoms with E-state index < -0.39 is 0 Å². The number of nitrogens with zero attached hydrogens (tertiary/aromatic N) is 4. The molecule has 0 spiro atoms. The lowest BCUT2D eigenvalue weighted by atomic mass is 10.2. The van der Waals surface area contributed by atoms with Crippen LogP contribution in [0.3, 0.4) is 0 Å². The van der Waals surface area contributed by atoms with Crippen LogP contribution in [-0.2, 0) is 0 Å². The molecule has 1 saturated heterocycles. The molecule has 138 valence electrons. The largest absolute Gasteiger partial charge is 0.439 e. The molecule has 1 fully saturated rings. The van der Waals surface area contributed by atoms with E-state index in [1.807, 2.05) is 0 Å². The number of piperazine rings is 1. The van der Waals surface area contributed by atoms with E-state index in [9.17, 15) is 8.78 Å². The Bertz CT molecular complexity index is 895. The molecule has 0 bridgehead atoms. The fourth-order valence-corrected chi connectivity index (χ4v) is 2.98. The molecular weight excluding hydrogens is 350 g/mol. The molecule has 27 heavy (non-hydrogen) atoms. The molecule has 0 N–H and O–H groups in total. The van der Waals surface area contributed by atoms with Crippen molar-refractivity contribution in [3.8, 4) is 11.6 Å². The molecular formula is C20H18F2N4O. The van der Waals surface area contributed by atoms with Gasteiger partial charge in [-0.3, -0.25) is 0 Å². The second kappa shape index (κ2) is 7.57. The lowest BCUT2D eigenvalue weighted by Gasteiger charge is -2.36. The Labute approximate surface area is 155 Å². The summed E-state index contributed by atoms with van der Waals surface area (Å²) >= 11 is 0. The Morgan fingerprint density at radius 2 is 1.33 bits per heavy atom. The highest BCUT2D eigenvalue weighted by Gasteiger charge is 2.19. The van der Waals surface area contributed by atoms with Crippen LogP contribution in [0.1, 0.15) is 0 Å². The maximum absolute atomic E-state index is 13.1. The van der Waals surface area contributed by atoms with E-state index >= 15 is 0 Å². The smallest absolute Gasteiger partial charge is 0.228 e. The highest BCUT2D eigenvalue weighted by atomic mass is 19.1. The van der Waals surface area contributed by atoms with Gasteiger partial charge in [-0.05, 0) is 48.5 Å². The summed E-state index contributed by atoms with van der Waals surface area (Å²) in [5.41, 5.74) is 1.00. The van der Waals surface area contributed by atoms with Gasteiger partial charge in [0.1, 0.15) is 17.4 Å². The third-order valence-electron chi connectivity index (χ3n) is 4.41. The summed E-state index contributed by atoms with van der Waals surface area (Å²) in [4.78, 5) is 13.1. The molecule has 5 nitrogen and oxygen atoms in total. The van der Waals surface area contributed by atoms with Crippen molar-refractivity contribution in [2.75, 3.05) is 36.0 Å². The van der Waals surface area contributed by atoms with Crippen molar-refractivity contribution in [2.24, 2.45) is 0 Å². The number of anilines is 2. The minimum atomic E-state index is -0.315. The zero-order valence-electron chi connectivity index (χ0n) is 14.6. The summed E-state index contributed by atoms with van der Waals surface area (Å²) in [7, 11) is 0.